The summed E-state index contributed by atoms with van der Waals surface area (Å²) in [5, 5.41) is 1.57. The fraction of sp³-hybridized carbons (Fsp3) is 0.100. The molecule has 0 radical (unpaired) electrons. The second-order valence-electron chi connectivity index (χ2n) is 5.85. The number of aromatic nitrogens is 1. The number of fused-ring (bicyclic) bond motifs is 3. The molecular weight excluding hydrogens is 303 g/mol. The second-order valence-corrected chi connectivity index (χ2v) is 5.85. The van der Waals surface area contributed by atoms with Crippen LogP contribution in [-0.4, -0.2) is 0 Å². The van der Waals surface area contributed by atoms with Gasteiger partial charge in [-0.05, 0) is 30.7 Å². The van der Waals surface area contributed by atoms with Gasteiger partial charge in [-0.2, -0.15) is 0 Å². The van der Waals surface area contributed by atoms with E-state index in [9.17, 15) is 4.39 Å². The molecule has 4 rings (SSSR count). The maximum atomic E-state index is 14.5. The highest BCUT2D eigenvalue weighted by Crippen LogP contribution is 2.40. The molecule has 0 aliphatic carbocycles. The van der Waals surface area contributed by atoms with Crippen molar-refractivity contribution in [3.8, 4) is 11.3 Å². The van der Waals surface area contributed by atoms with Gasteiger partial charge in [0.05, 0.1) is 12.1 Å². The van der Waals surface area contributed by atoms with Gasteiger partial charge in [0.25, 0.3) is 0 Å². The summed E-state index contributed by atoms with van der Waals surface area (Å²) < 4.78 is 22.3. The summed E-state index contributed by atoms with van der Waals surface area (Å²) in [5.74, 6) is -0.384. The van der Waals surface area contributed by atoms with E-state index in [-0.39, 0.29) is 11.4 Å². The van der Waals surface area contributed by atoms with E-state index in [1.807, 2.05) is 49.0 Å². The first-order valence-corrected chi connectivity index (χ1v) is 7.58. The number of pyridine rings is 1. The number of halogens is 1. The van der Waals surface area contributed by atoms with Crippen LogP contribution in [0.15, 0.2) is 53.1 Å². The highest BCUT2D eigenvalue weighted by Gasteiger charge is 2.22. The number of aryl methyl sites for hydroxylation is 2. The van der Waals surface area contributed by atoms with Gasteiger partial charge >= 0.3 is 0 Å². The Morgan fingerprint density at radius 3 is 2.75 bits per heavy atom. The first-order chi connectivity index (χ1) is 11.6. The van der Waals surface area contributed by atoms with Crippen molar-refractivity contribution in [3.63, 3.8) is 0 Å². The lowest BCUT2D eigenvalue weighted by atomic mass is 9.97. The summed E-state index contributed by atoms with van der Waals surface area (Å²) >= 11 is 0. The Balaban J connectivity index is 2.21. The van der Waals surface area contributed by atoms with Crippen LogP contribution in [0.25, 0.3) is 38.0 Å². The number of rotatable bonds is 1. The minimum Gasteiger partial charge on any atom is -0.454 e. The lowest BCUT2D eigenvalue weighted by Crippen LogP contribution is -2.30. The van der Waals surface area contributed by atoms with Gasteiger partial charge in [0, 0.05) is 22.9 Å². The van der Waals surface area contributed by atoms with Gasteiger partial charge in [0.1, 0.15) is 12.6 Å². The van der Waals surface area contributed by atoms with Crippen LogP contribution in [0.1, 0.15) is 5.56 Å². The van der Waals surface area contributed by atoms with Crippen molar-refractivity contribution in [2.75, 3.05) is 0 Å². The minimum absolute atomic E-state index is 0.233. The molecule has 0 aliphatic heterocycles. The van der Waals surface area contributed by atoms with Crippen LogP contribution < -0.4 is 4.57 Å². The molecule has 116 valence electrons. The van der Waals surface area contributed by atoms with Gasteiger partial charge in [0.15, 0.2) is 23.3 Å². The van der Waals surface area contributed by atoms with Crippen LogP contribution >= 0.6 is 0 Å². The Hall–Kier alpha value is -3.19. The Labute approximate surface area is 138 Å². The topological polar surface area (TPSA) is 21.4 Å². The van der Waals surface area contributed by atoms with E-state index in [2.05, 4.69) is 4.85 Å². The summed E-state index contributed by atoms with van der Waals surface area (Å²) in [6.07, 6.45) is 1.96. The molecule has 2 aromatic heterocycles. The van der Waals surface area contributed by atoms with Crippen LogP contribution in [0.2, 0.25) is 0 Å². The number of nitrogens with zero attached hydrogens (tertiary/aromatic N) is 2. The van der Waals surface area contributed by atoms with Gasteiger partial charge in [-0.3, -0.25) is 0 Å². The highest BCUT2D eigenvalue weighted by atomic mass is 19.1. The molecule has 0 spiro atoms. The third kappa shape index (κ3) is 1.99. The fourth-order valence-electron chi connectivity index (χ4n) is 3.21. The average Bonchev–Trinajstić information content (AvgIpc) is 2.95. The third-order valence-electron chi connectivity index (χ3n) is 4.32. The molecule has 0 atom stereocenters. The molecule has 0 unspecified atom stereocenters. The molecule has 2 heterocycles. The van der Waals surface area contributed by atoms with Crippen LogP contribution in [0, 0.1) is 19.3 Å². The molecule has 0 bridgehead atoms. The molecule has 2 aromatic carbocycles. The van der Waals surface area contributed by atoms with Gasteiger partial charge in [0.2, 0.25) is 5.69 Å². The first kappa shape index (κ1) is 14.4. The van der Waals surface area contributed by atoms with E-state index in [1.54, 1.807) is 12.1 Å². The van der Waals surface area contributed by atoms with E-state index in [1.165, 1.54) is 6.07 Å². The lowest BCUT2D eigenvalue weighted by Gasteiger charge is -2.07. The molecule has 0 fully saturated rings. The largest absolute Gasteiger partial charge is 0.454 e. The molecule has 4 aromatic rings. The summed E-state index contributed by atoms with van der Waals surface area (Å²) in [5.41, 5.74) is 4.02. The highest BCUT2D eigenvalue weighted by molar-refractivity contribution is 6.13. The molecule has 0 N–H and O–H groups in total. The van der Waals surface area contributed by atoms with Gasteiger partial charge in [-0.1, -0.05) is 12.1 Å². The second kappa shape index (κ2) is 5.17. The number of hydrogen-bond acceptors (Lipinski definition) is 1. The van der Waals surface area contributed by atoms with Crippen molar-refractivity contribution in [1.29, 1.82) is 0 Å². The van der Waals surface area contributed by atoms with Crippen molar-refractivity contribution in [3.05, 3.63) is 71.5 Å². The molecule has 24 heavy (non-hydrogen) atoms. The van der Waals surface area contributed by atoms with Gasteiger partial charge in [-0.15, -0.1) is 0 Å². The average molecular weight is 317 g/mol. The van der Waals surface area contributed by atoms with Crippen molar-refractivity contribution in [2.45, 2.75) is 6.92 Å². The van der Waals surface area contributed by atoms with E-state index in [4.69, 9.17) is 11.0 Å². The summed E-state index contributed by atoms with van der Waals surface area (Å²) in [6.45, 7) is 9.04. The van der Waals surface area contributed by atoms with E-state index >= 15 is 0 Å². The summed E-state index contributed by atoms with van der Waals surface area (Å²) in [7, 11) is 1.96. The Kier molecular flexibility index (Phi) is 3.10. The van der Waals surface area contributed by atoms with Crippen LogP contribution in [0.3, 0.4) is 0 Å². The molecule has 3 nitrogen and oxygen atoms in total. The first-order valence-electron chi connectivity index (χ1n) is 7.58. The Bertz CT molecular complexity index is 1150. The number of benzene rings is 2. The predicted octanol–water partition coefficient (Wildman–Crippen LogP) is 5.08. The van der Waals surface area contributed by atoms with Crippen LogP contribution in [0.4, 0.5) is 10.1 Å². The minimum atomic E-state index is -0.384. The van der Waals surface area contributed by atoms with Crippen molar-refractivity contribution in [1.82, 2.24) is 0 Å². The SMILES string of the molecule is [C-]#[N+]c1ccc2c(c1)oc1c(F)cc(C)c(-c3cccc[n+]3C)c12. The molecule has 0 saturated carbocycles. The zero-order chi connectivity index (χ0) is 16.8. The molecule has 4 heteroatoms. The molecule has 0 amide bonds. The van der Waals surface area contributed by atoms with Crippen molar-refractivity contribution < 1.29 is 13.4 Å². The molecule has 0 saturated heterocycles. The summed E-state index contributed by atoms with van der Waals surface area (Å²) in [4.78, 5) is 3.42. The maximum absolute atomic E-state index is 14.5. The zero-order valence-corrected chi connectivity index (χ0v) is 13.3. The Morgan fingerprint density at radius 1 is 1.17 bits per heavy atom. The normalized spacial score (nSPS) is 11.1. The van der Waals surface area contributed by atoms with E-state index in [0.29, 0.717) is 11.3 Å². The lowest BCUT2D eigenvalue weighted by molar-refractivity contribution is -0.660. The van der Waals surface area contributed by atoms with Gasteiger partial charge < -0.3 is 4.42 Å². The van der Waals surface area contributed by atoms with Crippen molar-refractivity contribution in [2.24, 2.45) is 7.05 Å². The number of hydrogen-bond donors (Lipinski definition) is 0. The van der Waals surface area contributed by atoms with Crippen molar-refractivity contribution >= 4 is 27.6 Å². The standard InChI is InChI=1S/C20H14FN2O/c1-12-10-15(21)20-19(18(12)16-6-4-5-9-23(16)3)14-8-7-13(22-2)11-17(14)24-20/h4-11H,1,3H3/q+1. The smallest absolute Gasteiger partial charge is 0.213 e. The monoisotopic (exact) mass is 317 g/mol. The quantitative estimate of drug-likeness (QED) is 0.354. The Morgan fingerprint density at radius 2 is 2.00 bits per heavy atom. The summed E-state index contributed by atoms with van der Waals surface area (Å²) in [6, 6.07) is 12.7. The predicted molar refractivity (Wildman–Crippen MR) is 91.3 cm³/mol. The fourth-order valence-corrected chi connectivity index (χ4v) is 3.21. The molecular formula is C20H14FN2O+. The van der Waals surface area contributed by atoms with Crippen LogP contribution in [0.5, 0.6) is 0 Å². The maximum Gasteiger partial charge on any atom is 0.213 e. The third-order valence-corrected chi connectivity index (χ3v) is 4.32. The van der Waals surface area contributed by atoms with Gasteiger partial charge in [-0.25, -0.2) is 13.8 Å². The van der Waals surface area contributed by atoms with E-state index < -0.39 is 0 Å². The zero-order valence-electron chi connectivity index (χ0n) is 13.3. The number of furan rings is 1. The van der Waals surface area contributed by atoms with Crippen LogP contribution in [-0.2, 0) is 7.05 Å². The van der Waals surface area contributed by atoms with E-state index in [0.717, 1.165) is 27.6 Å². The molecule has 0 aliphatic rings.